The number of hydrogen-bond donors (Lipinski definition) is 1. The minimum Gasteiger partial charge on any atom is -0.399 e. The van der Waals surface area contributed by atoms with E-state index in [1.807, 2.05) is 26.0 Å². The summed E-state index contributed by atoms with van der Waals surface area (Å²) in [6.45, 7) is 3.76. The molecule has 0 fully saturated rings. The largest absolute Gasteiger partial charge is 0.399 e. The molecule has 19 heavy (non-hydrogen) atoms. The zero-order valence-corrected chi connectivity index (χ0v) is 11.9. The van der Waals surface area contributed by atoms with Gasteiger partial charge in [-0.25, -0.2) is 8.42 Å². The zero-order chi connectivity index (χ0) is 14.0. The van der Waals surface area contributed by atoms with Crippen molar-refractivity contribution in [3.8, 4) is 0 Å². The van der Waals surface area contributed by atoms with E-state index in [0.29, 0.717) is 16.1 Å². The third-order valence-corrected chi connectivity index (χ3v) is 4.81. The van der Waals surface area contributed by atoms with Gasteiger partial charge in [0.1, 0.15) is 0 Å². The molecular weight excluding hydrogens is 258 g/mol. The van der Waals surface area contributed by atoms with Crippen molar-refractivity contribution in [1.29, 1.82) is 0 Å². The smallest absolute Gasteiger partial charge is 0.182 e. The summed E-state index contributed by atoms with van der Waals surface area (Å²) in [4.78, 5) is 0.389. The molecule has 0 atom stereocenters. The molecule has 0 aliphatic carbocycles. The van der Waals surface area contributed by atoms with Gasteiger partial charge in [0, 0.05) is 5.69 Å². The fourth-order valence-electron chi connectivity index (χ4n) is 2.13. The first kappa shape index (κ1) is 13.6. The van der Waals surface area contributed by atoms with Crippen LogP contribution in [0.25, 0.3) is 0 Å². The molecule has 3 nitrogen and oxygen atoms in total. The Morgan fingerprint density at radius 1 is 1.05 bits per heavy atom. The second-order valence-electron chi connectivity index (χ2n) is 4.77. The van der Waals surface area contributed by atoms with Crippen LogP contribution < -0.4 is 5.73 Å². The summed E-state index contributed by atoms with van der Waals surface area (Å²) < 4.78 is 24.8. The third kappa shape index (κ3) is 3.15. The van der Waals surface area contributed by atoms with Gasteiger partial charge < -0.3 is 5.73 Å². The van der Waals surface area contributed by atoms with Gasteiger partial charge in [-0.15, -0.1) is 0 Å². The first-order valence-corrected chi connectivity index (χ1v) is 7.68. The van der Waals surface area contributed by atoms with E-state index < -0.39 is 9.84 Å². The Morgan fingerprint density at radius 3 is 2.42 bits per heavy atom. The van der Waals surface area contributed by atoms with Crippen LogP contribution in [-0.2, 0) is 15.6 Å². The number of benzene rings is 2. The van der Waals surface area contributed by atoms with E-state index in [4.69, 9.17) is 5.73 Å². The second kappa shape index (κ2) is 5.05. The molecule has 4 heteroatoms. The van der Waals surface area contributed by atoms with Crippen LogP contribution in [0.3, 0.4) is 0 Å². The molecule has 2 rings (SSSR count). The molecule has 2 aromatic carbocycles. The minimum absolute atomic E-state index is 0.0259. The van der Waals surface area contributed by atoms with Crippen molar-refractivity contribution >= 4 is 15.5 Å². The number of rotatable bonds is 3. The Bertz CT molecular complexity index is 706. The number of anilines is 1. The van der Waals surface area contributed by atoms with E-state index >= 15 is 0 Å². The summed E-state index contributed by atoms with van der Waals surface area (Å²) in [6.07, 6.45) is 0. The van der Waals surface area contributed by atoms with Crippen molar-refractivity contribution in [2.75, 3.05) is 5.73 Å². The predicted octanol–water partition coefficient (Wildman–Crippen LogP) is 2.86. The molecule has 0 saturated carbocycles. The first-order chi connectivity index (χ1) is 8.88. The zero-order valence-electron chi connectivity index (χ0n) is 11.1. The van der Waals surface area contributed by atoms with Crippen molar-refractivity contribution in [3.05, 3.63) is 59.2 Å². The summed E-state index contributed by atoms with van der Waals surface area (Å²) in [5.41, 5.74) is 8.79. The third-order valence-electron chi connectivity index (χ3n) is 2.97. The summed E-state index contributed by atoms with van der Waals surface area (Å²) in [6, 6.07) is 12.4. The van der Waals surface area contributed by atoms with Crippen LogP contribution in [0.1, 0.15) is 16.7 Å². The fourth-order valence-corrected chi connectivity index (χ4v) is 3.73. The number of sulfone groups is 1. The van der Waals surface area contributed by atoms with Crippen LogP contribution in [0.15, 0.2) is 47.4 Å². The maximum Gasteiger partial charge on any atom is 0.182 e. The highest BCUT2D eigenvalue weighted by Gasteiger charge is 2.17. The quantitative estimate of drug-likeness (QED) is 0.876. The van der Waals surface area contributed by atoms with E-state index in [2.05, 4.69) is 0 Å². The van der Waals surface area contributed by atoms with Crippen molar-refractivity contribution in [1.82, 2.24) is 0 Å². The number of hydrogen-bond acceptors (Lipinski definition) is 3. The molecule has 0 amide bonds. The fraction of sp³-hybridized carbons (Fsp3) is 0.200. The Balaban J connectivity index is 2.38. The Labute approximate surface area is 114 Å². The molecule has 0 heterocycles. The van der Waals surface area contributed by atoms with Gasteiger partial charge in [-0.05, 0) is 43.2 Å². The lowest BCUT2D eigenvalue weighted by Gasteiger charge is -2.09. The van der Waals surface area contributed by atoms with Crippen molar-refractivity contribution in [2.24, 2.45) is 0 Å². The summed E-state index contributed by atoms with van der Waals surface area (Å²) >= 11 is 0. The Kier molecular flexibility index (Phi) is 3.62. The highest BCUT2D eigenvalue weighted by atomic mass is 32.2. The van der Waals surface area contributed by atoms with Crippen molar-refractivity contribution in [2.45, 2.75) is 24.5 Å². The maximum atomic E-state index is 12.4. The molecule has 0 aliphatic rings. The van der Waals surface area contributed by atoms with Gasteiger partial charge in [0.2, 0.25) is 0 Å². The number of nitrogens with two attached hydrogens (primary N) is 1. The molecule has 0 spiro atoms. The highest BCUT2D eigenvalue weighted by molar-refractivity contribution is 7.90. The monoisotopic (exact) mass is 275 g/mol. The van der Waals surface area contributed by atoms with Gasteiger partial charge in [0.25, 0.3) is 0 Å². The molecule has 0 bridgehead atoms. The van der Waals surface area contributed by atoms with Gasteiger partial charge in [0.15, 0.2) is 9.84 Å². The van der Waals surface area contributed by atoms with Crippen molar-refractivity contribution in [3.63, 3.8) is 0 Å². The molecule has 0 unspecified atom stereocenters. The van der Waals surface area contributed by atoms with E-state index in [1.165, 1.54) is 0 Å². The lowest BCUT2D eigenvalue weighted by Crippen LogP contribution is -2.07. The molecular formula is C15H17NO2S. The molecule has 0 radical (unpaired) electrons. The van der Waals surface area contributed by atoms with Crippen molar-refractivity contribution < 1.29 is 8.42 Å². The highest BCUT2D eigenvalue weighted by Crippen LogP contribution is 2.21. The van der Waals surface area contributed by atoms with E-state index in [0.717, 1.165) is 11.1 Å². The van der Waals surface area contributed by atoms with Crippen LogP contribution in [0.4, 0.5) is 5.69 Å². The summed E-state index contributed by atoms with van der Waals surface area (Å²) in [7, 11) is -3.33. The standard InChI is InChI=1S/C15H17NO2S/c1-11-6-7-15(12(2)8-11)19(17,18)10-13-4-3-5-14(16)9-13/h3-9H,10,16H2,1-2H3. The topological polar surface area (TPSA) is 60.2 Å². The van der Waals surface area contributed by atoms with Gasteiger partial charge >= 0.3 is 0 Å². The normalized spacial score (nSPS) is 11.5. The van der Waals surface area contributed by atoms with Gasteiger partial charge in [-0.2, -0.15) is 0 Å². The van der Waals surface area contributed by atoms with E-state index in [1.54, 1.807) is 30.3 Å². The van der Waals surface area contributed by atoms with Crippen LogP contribution in [-0.4, -0.2) is 8.42 Å². The van der Waals surface area contributed by atoms with Gasteiger partial charge in [-0.3, -0.25) is 0 Å². The molecule has 0 aliphatic heterocycles. The average molecular weight is 275 g/mol. The maximum absolute atomic E-state index is 12.4. The molecule has 100 valence electrons. The first-order valence-electron chi connectivity index (χ1n) is 6.03. The predicted molar refractivity (Wildman–Crippen MR) is 77.7 cm³/mol. The Hall–Kier alpha value is -1.81. The summed E-state index contributed by atoms with van der Waals surface area (Å²) in [5.74, 6) is -0.0259. The lowest BCUT2D eigenvalue weighted by atomic mass is 10.2. The SMILES string of the molecule is Cc1ccc(S(=O)(=O)Cc2cccc(N)c2)c(C)c1. The van der Waals surface area contributed by atoms with Gasteiger partial charge in [-0.1, -0.05) is 29.8 Å². The van der Waals surface area contributed by atoms with Crippen LogP contribution in [0.5, 0.6) is 0 Å². The van der Waals surface area contributed by atoms with Crippen LogP contribution >= 0.6 is 0 Å². The van der Waals surface area contributed by atoms with E-state index in [-0.39, 0.29) is 5.75 Å². The van der Waals surface area contributed by atoms with Gasteiger partial charge in [0.05, 0.1) is 10.6 Å². The summed E-state index contributed by atoms with van der Waals surface area (Å²) in [5, 5.41) is 0. The minimum atomic E-state index is -3.33. The Morgan fingerprint density at radius 2 is 1.79 bits per heavy atom. The second-order valence-corrected chi connectivity index (χ2v) is 6.73. The van der Waals surface area contributed by atoms with Crippen LogP contribution in [0, 0.1) is 13.8 Å². The molecule has 0 saturated heterocycles. The molecule has 2 aromatic rings. The lowest BCUT2D eigenvalue weighted by molar-refractivity contribution is 0.594. The van der Waals surface area contributed by atoms with Crippen LogP contribution in [0.2, 0.25) is 0 Å². The number of nitrogen functional groups attached to an aromatic ring is 1. The molecule has 2 N–H and O–H groups in total. The average Bonchev–Trinajstić information content (AvgIpc) is 2.27. The molecule has 0 aromatic heterocycles. The van der Waals surface area contributed by atoms with E-state index in [9.17, 15) is 8.42 Å². The number of aryl methyl sites for hydroxylation is 2.